The van der Waals surface area contributed by atoms with E-state index in [-0.39, 0.29) is 0 Å². The Morgan fingerprint density at radius 1 is 0.259 bits per heavy atom. The molecule has 0 aliphatic rings. The summed E-state index contributed by atoms with van der Waals surface area (Å²) in [6.45, 7) is 0. The van der Waals surface area contributed by atoms with E-state index in [0.29, 0.717) is 0 Å². The number of hydrogen-bond donors (Lipinski definition) is 0. The molecule has 12 aromatic rings. The maximum atomic E-state index is 6.54. The molecule has 0 radical (unpaired) electrons. The lowest BCUT2D eigenvalue weighted by molar-refractivity contribution is 0.633. The zero-order valence-corrected chi connectivity index (χ0v) is 29.1. The van der Waals surface area contributed by atoms with Crippen LogP contribution in [0.3, 0.4) is 0 Å². The van der Waals surface area contributed by atoms with Gasteiger partial charge in [0.15, 0.2) is 11.2 Å². The predicted molar refractivity (Wildman–Crippen MR) is 227 cm³/mol. The summed E-state index contributed by atoms with van der Waals surface area (Å²) in [5.74, 6) is 0. The van der Waals surface area contributed by atoms with E-state index in [9.17, 15) is 0 Å². The average Bonchev–Trinajstić information content (AvgIpc) is 3.81. The zero-order chi connectivity index (χ0) is 35.3. The standard InChI is InChI=1S/C52H30O2/c1-2-15-35-32(12-1)29-45(37-17-4-3-16-36(35)37)31-13-11-14-33(28-31)49-39-19-5-7-21-41(39)50(42-22-8-6-20-40(42)49)34-24-27-48-46(30-34)44-26-25-43-38-18-9-10-23-47(38)53-51(43)52(44)54-48/h1-30H. The third-order valence-corrected chi connectivity index (χ3v) is 11.4. The van der Waals surface area contributed by atoms with E-state index in [1.54, 1.807) is 0 Å². The highest BCUT2D eigenvalue weighted by Crippen LogP contribution is 2.46. The summed E-state index contributed by atoms with van der Waals surface area (Å²) in [4.78, 5) is 0. The number of para-hydroxylation sites is 1. The van der Waals surface area contributed by atoms with Crippen molar-refractivity contribution in [1.29, 1.82) is 0 Å². The van der Waals surface area contributed by atoms with E-state index in [2.05, 4.69) is 170 Å². The van der Waals surface area contributed by atoms with E-state index < -0.39 is 0 Å². The number of hydrogen-bond acceptors (Lipinski definition) is 2. The molecule has 12 rings (SSSR count). The van der Waals surface area contributed by atoms with Crippen LogP contribution in [0.1, 0.15) is 0 Å². The first-order chi connectivity index (χ1) is 26.8. The van der Waals surface area contributed by atoms with Crippen molar-refractivity contribution in [2.24, 2.45) is 0 Å². The summed E-state index contributed by atoms with van der Waals surface area (Å²) in [6.07, 6.45) is 0. The third-order valence-electron chi connectivity index (χ3n) is 11.4. The van der Waals surface area contributed by atoms with Crippen molar-refractivity contribution in [2.75, 3.05) is 0 Å². The van der Waals surface area contributed by atoms with Gasteiger partial charge in [-0.25, -0.2) is 0 Å². The minimum Gasteiger partial charge on any atom is -0.452 e. The van der Waals surface area contributed by atoms with Gasteiger partial charge in [0.1, 0.15) is 11.2 Å². The molecule has 0 unspecified atom stereocenters. The fraction of sp³-hybridized carbons (Fsp3) is 0. The quantitative estimate of drug-likeness (QED) is 0.137. The first-order valence-corrected chi connectivity index (χ1v) is 18.5. The third kappa shape index (κ3) is 4.17. The Labute approximate surface area is 310 Å². The van der Waals surface area contributed by atoms with Gasteiger partial charge in [0.25, 0.3) is 0 Å². The van der Waals surface area contributed by atoms with Crippen molar-refractivity contribution in [2.45, 2.75) is 0 Å². The minimum atomic E-state index is 0.792. The largest absolute Gasteiger partial charge is 0.452 e. The van der Waals surface area contributed by atoms with Gasteiger partial charge in [0, 0.05) is 21.5 Å². The monoisotopic (exact) mass is 686 g/mol. The molecule has 0 aliphatic heterocycles. The van der Waals surface area contributed by atoms with Crippen molar-refractivity contribution in [1.82, 2.24) is 0 Å². The fourth-order valence-corrected chi connectivity index (χ4v) is 9.06. The average molecular weight is 687 g/mol. The van der Waals surface area contributed by atoms with Gasteiger partial charge in [-0.05, 0) is 119 Å². The molecule has 2 aromatic heterocycles. The smallest absolute Gasteiger partial charge is 0.178 e. The summed E-state index contributed by atoms with van der Waals surface area (Å²) in [5, 5.41) is 14.3. The molecule has 2 nitrogen and oxygen atoms in total. The van der Waals surface area contributed by atoms with Gasteiger partial charge in [-0.3, -0.25) is 0 Å². The molecule has 0 N–H and O–H groups in total. The molecule has 0 fully saturated rings. The van der Waals surface area contributed by atoms with Gasteiger partial charge in [0.05, 0.1) is 0 Å². The van der Waals surface area contributed by atoms with Crippen LogP contribution in [0.5, 0.6) is 0 Å². The Morgan fingerprint density at radius 3 is 1.44 bits per heavy atom. The van der Waals surface area contributed by atoms with E-state index in [0.717, 1.165) is 49.4 Å². The van der Waals surface area contributed by atoms with Gasteiger partial charge < -0.3 is 8.83 Å². The second kappa shape index (κ2) is 11.2. The lowest BCUT2D eigenvalue weighted by Gasteiger charge is -2.18. The first kappa shape index (κ1) is 29.4. The molecule has 10 aromatic carbocycles. The molecular formula is C52H30O2. The highest BCUT2D eigenvalue weighted by Gasteiger charge is 2.20. The van der Waals surface area contributed by atoms with E-state index in [4.69, 9.17) is 8.83 Å². The summed E-state index contributed by atoms with van der Waals surface area (Å²) in [5.41, 5.74) is 10.6. The second-order valence-corrected chi connectivity index (χ2v) is 14.3. The first-order valence-electron chi connectivity index (χ1n) is 18.5. The highest BCUT2D eigenvalue weighted by molar-refractivity contribution is 6.24. The van der Waals surface area contributed by atoms with Gasteiger partial charge in [-0.1, -0.05) is 140 Å². The minimum absolute atomic E-state index is 0.792. The molecule has 0 amide bonds. The number of fused-ring (bicyclic) bond motifs is 12. The normalized spacial score (nSPS) is 12.1. The van der Waals surface area contributed by atoms with Crippen LogP contribution >= 0.6 is 0 Å². The molecule has 0 saturated carbocycles. The summed E-state index contributed by atoms with van der Waals surface area (Å²) in [6, 6.07) is 65.9. The van der Waals surface area contributed by atoms with Crippen LogP contribution in [0.4, 0.5) is 0 Å². The lowest BCUT2D eigenvalue weighted by Crippen LogP contribution is -1.91. The summed E-state index contributed by atoms with van der Waals surface area (Å²) >= 11 is 0. The van der Waals surface area contributed by atoms with Crippen molar-refractivity contribution < 1.29 is 8.83 Å². The van der Waals surface area contributed by atoms with Crippen LogP contribution < -0.4 is 0 Å². The van der Waals surface area contributed by atoms with Crippen LogP contribution in [0, 0.1) is 0 Å². The molecule has 0 bridgehead atoms. The maximum Gasteiger partial charge on any atom is 0.178 e. The SMILES string of the molecule is c1cc(-c2c3ccccc3c(-c3ccc4oc5c(ccc6c7ccccc7oc65)c4c3)c3ccccc23)cc(-c2cc3ccccc3c3ccccc23)c1. The topological polar surface area (TPSA) is 26.3 Å². The molecule has 0 saturated heterocycles. The molecule has 0 aliphatic carbocycles. The van der Waals surface area contributed by atoms with Crippen molar-refractivity contribution in [3.8, 4) is 33.4 Å². The summed E-state index contributed by atoms with van der Waals surface area (Å²) in [7, 11) is 0. The zero-order valence-electron chi connectivity index (χ0n) is 29.1. The van der Waals surface area contributed by atoms with Crippen LogP contribution in [0.15, 0.2) is 191 Å². The molecular weight excluding hydrogens is 657 g/mol. The fourth-order valence-electron chi connectivity index (χ4n) is 9.06. The van der Waals surface area contributed by atoms with Crippen LogP contribution in [-0.4, -0.2) is 0 Å². The van der Waals surface area contributed by atoms with Crippen LogP contribution in [0.2, 0.25) is 0 Å². The Balaban J connectivity index is 1.09. The van der Waals surface area contributed by atoms with E-state index in [1.807, 2.05) is 12.1 Å². The van der Waals surface area contributed by atoms with E-state index >= 15 is 0 Å². The van der Waals surface area contributed by atoms with Gasteiger partial charge in [0.2, 0.25) is 0 Å². The Morgan fingerprint density at radius 2 is 0.759 bits per heavy atom. The summed E-state index contributed by atoms with van der Waals surface area (Å²) < 4.78 is 12.9. The molecule has 250 valence electrons. The number of rotatable bonds is 3. The van der Waals surface area contributed by atoms with Crippen molar-refractivity contribution >= 4 is 87.0 Å². The predicted octanol–water partition coefficient (Wildman–Crippen LogP) is 15.1. The van der Waals surface area contributed by atoms with Crippen molar-refractivity contribution in [3.63, 3.8) is 0 Å². The molecule has 2 heteroatoms. The van der Waals surface area contributed by atoms with Gasteiger partial charge in [-0.15, -0.1) is 0 Å². The Bertz CT molecular complexity index is 3450. The number of benzene rings is 10. The number of furan rings is 2. The highest BCUT2D eigenvalue weighted by atomic mass is 16.4. The van der Waals surface area contributed by atoms with Crippen LogP contribution in [0.25, 0.3) is 120 Å². The van der Waals surface area contributed by atoms with Gasteiger partial charge in [-0.2, -0.15) is 0 Å². The van der Waals surface area contributed by atoms with Gasteiger partial charge >= 0.3 is 0 Å². The molecule has 2 heterocycles. The van der Waals surface area contributed by atoms with E-state index in [1.165, 1.54) is 70.9 Å². The Kier molecular flexibility index (Phi) is 6.09. The maximum absolute atomic E-state index is 6.54. The molecule has 0 spiro atoms. The molecule has 54 heavy (non-hydrogen) atoms. The van der Waals surface area contributed by atoms with Crippen LogP contribution in [-0.2, 0) is 0 Å². The second-order valence-electron chi connectivity index (χ2n) is 14.3. The Hall–Kier alpha value is -7.16. The lowest BCUT2D eigenvalue weighted by atomic mass is 9.85. The van der Waals surface area contributed by atoms with Crippen molar-refractivity contribution in [3.05, 3.63) is 182 Å². The molecule has 0 atom stereocenters.